The summed E-state index contributed by atoms with van der Waals surface area (Å²) in [7, 11) is -3.49. The van der Waals surface area contributed by atoms with Crippen molar-refractivity contribution in [2.75, 3.05) is 18.8 Å². The number of nitrogens with zero attached hydrogens (tertiary/aromatic N) is 1. The van der Waals surface area contributed by atoms with Gasteiger partial charge in [-0.15, -0.1) is 0 Å². The fraction of sp³-hybridized carbons (Fsp3) is 0.571. The Morgan fingerprint density at radius 1 is 1.40 bits per heavy atom. The summed E-state index contributed by atoms with van der Waals surface area (Å²) in [6.45, 7) is 6.83. The van der Waals surface area contributed by atoms with Crippen LogP contribution in [0.5, 0.6) is 0 Å². The van der Waals surface area contributed by atoms with E-state index in [1.54, 1.807) is 41.2 Å². The molecule has 0 aliphatic carbocycles. The molecule has 20 heavy (non-hydrogen) atoms. The zero-order chi connectivity index (χ0) is 15.0. The van der Waals surface area contributed by atoms with Gasteiger partial charge in [-0.3, -0.25) is 0 Å². The predicted molar refractivity (Wildman–Crippen MR) is 82.4 cm³/mol. The van der Waals surface area contributed by atoms with Crippen molar-refractivity contribution < 1.29 is 13.5 Å². The summed E-state index contributed by atoms with van der Waals surface area (Å²) in [4.78, 5) is 0.312. The molecule has 4 nitrogen and oxygen atoms in total. The number of aryl methyl sites for hydroxylation is 1. The highest BCUT2D eigenvalue weighted by molar-refractivity contribution is 8.00. The second-order valence-corrected chi connectivity index (χ2v) is 9.41. The van der Waals surface area contributed by atoms with Crippen molar-refractivity contribution in [3.05, 3.63) is 29.3 Å². The van der Waals surface area contributed by atoms with Gasteiger partial charge in [-0.2, -0.15) is 16.1 Å². The molecule has 1 aliphatic rings. The molecule has 0 unspecified atom stereocenters. The number of thioether (sulfide) groups is 1. The van der Waals surface area contributed by atoms with E-state index in [2.05, 4.69) is 13.8 Å². The van der Waals surface area contributed by atoms with Crippen LogP contribution in [-0.2, 0) is 16.6 Å². The average Bonchev–Trinajstić information content (AvgIpc) is 2.38. The molecule has 1 saturated heterocycles. The summed E-state index contributed by atoms with van der Waals surface area (Å²) in [6, 6.07) is 5.09. The second kappa shape index (κ2) is 5.67. The lowest BCUT2D eigenvalue weighted by molar-refractivity contribution is 0.281. The standard InChI is InChI=1S/C14H21NO3S2/c1-11-4-5-12(9-16)8-13(11)20(17,18)15-6-7-19-14(2,3)10-15/h4-5,8,16H,6-7,9-10H2,1-3H3. The molecule has 1 aliphatic heterocycles. The molecule has 1 fully saturated rings. The summed E-state index contributed by atoms with van der Waals surface area (Å²) in [5.74, 6) is 0.810. The molecule has 0 bridgehead atoms. The minimum atomic E-state index is -3.49. The van der Waals surface area contributed by atoms with Crippen molar-refractivity contribution in [2.45, 2.75) is 37.0 Å². The van der Waals surface area contributed by atoms with Gasteiger partial charge in [0.2, 0.25) is 10.0 Å². The molecule has 1 heterocycles. The number of hydrogen-bond acceptors (Lipinski definition) is 4. The van der Waals surface area contributed by atoms with Crippen LogP contribution in [0.3, 0.4) is 0 Å². The molecule has 6 heteroatoms. The number of aliphatic hydroxyl groups excluding tert-OH is 1. The Bertz CT molecular complexity index is 596. The molecular formula is C14H21NO3S2. The van der Waals surface area contributed by atoms with Gasteiger partial charge in [0, 0.05) is 23.6 Å². The lowest BCUT2D eigenvalue weighted by atomic mass is 10.2. The fourth-order valence-electron chi connectivity index (χ4n) is 2.34. The Kier molecular flexibility index (Phi) is 4.49. The molecule has 1 aromatic rings. The third kappa shape index (κ3) is 3.19. The van der Waals surface area contributed by atoms with Crippen LogP contribution in [0.4, 0.5) is 0 Å². The first kappa shape index (κ1) is 15.8. The van der Waals surface area contributed by atoms with Crippen molar-refractivity contribution in [1.82, 2.24) is 4.31 Å². The molecule has 2 rings (SSSR count). The van der Waals surface area contributed by atoms with E-state index in [1.165, 1.54) is 0 Å². The summed E-state index contributed by atoms with van der Waals surface area (Å²) in [5, 5.41) is 9.20. The van der Waals surface area contributed by atoms with E-state index >= 15 is 0 Å². The van der Waals surface area contributed by atoms with E-state index in [0.717, 1.165) is 11.3 Å². The zero-order valence-electron chi connectivity index (χ0n) is 12.1. The Morgan fingerprint density at radius 2 is 2.10 bits per heavy atom. The molecule has 1 N–H and O–H groups in total. The minimum Gasteiger partial charge on any atom is -0.392 e. The maximum Gasteiger partial charge on any atom is 0.243 e. The van der Waals surface area contributed by atoms with Gasteiger partial charge in [0.05, 0.1) is 11.5 Å². The van der Waals surface area contributed by atoms with Gasteiger partial charge in [0.1, 0.15) is 0 Å². The van der Waals surface area contributed by atoms with Crippen LogP contribution in [-0.4, -0.2) is 41.4 Å². The van der Waals surface area contributed by atoms with Gasteiger partial charge < -0.3 is 5.11 Å². The van der Waals surface area contributed by atoms with E-state index in [-0.39, 0.29) is 11.4 Å². The highest BCUT2D eigenvalue weighted by Crippen LogP contribution is 2.33. The smallest absolute Gasteiger partial charge is 0.243 e. The van der Waals surface area contributed by atoms with Gasteiger partial charge in [0.15, 0.2) is 0 Å². The van der Waals surface area contributed by atoms with Gasteiger partial charge in [-0.25, -0.2) is 8.42 Å². The first-order valence-electron chi connectivity index (χ1n) is 6.61. The quantitative estimate of drug-likeness (QED) is 0.927. The molecule has 1 aromatic carbocycles. The van der Waals surface area contributed by atoms with Gasteiger partial charge in [-0.05, 0) is 38.0 Å². The van der Waals surface area contributed by atoms with Gasteiger partial charge in [-0.1, -0.05) is 12.1 Å². The van der Waals surface area contributed by atoms with Crippen LogP contribution in [0.15, 0.2) is 23.1 Å². The molecule has 0 amide bonds. The van der Waals surface area contributed by atoms with Crippen LogP contribution in [0, 0.1) is 6.92 Å². The maximum atomic E-state index is 12.8. The molecular weight excluding hydrogens is 294 g/mol. The van der Waals surface area contributed by atoms with Crippen molar-refractivity contribution in [3.63, 3.8) is 0 Å². The first-order chi connectivity index (χ1) is 9.26. The van der Waals surface area contributed by atoms with Crippen LogP contribution < -0.4 is 0 Å². The van der Waals surface area contributed by atoms with E-state index < -0.39 is 10.0 Å². The topological polar surface area (TPSA) is 57.6 Å². The largest absolute Gasteiger partial charge is 0.392 e. The number of benzene rings is 1. The predicted octanol–water partition coefficient (Wildman–Crippen LogP) is 2.00. The second-order valence-electron chi connectivity index (χ2n) is 5.70. The van der Waals surface area contributed by atoms with Gasteiger partial charge >= 0.3 is 0 Å². The summed E-state index contributed by atoms with van der Waals surface area (Å²) >= 11 is 1.80. The minimum absolute atomic E-state index is 0.0617. The van der Waals surface area contributed by atoms with E-state index in [9.17, 15) is 13.5 Å². The number of aliphatic hydroxyl groups is 1. The van der Waals surface area contributed by atoms with Crippen molar-refractivity contribution in [3.8, 4) is 0 Å². The lowest BCUT2D eigenvalue weighted by Gasteiger charge is -2.36. The monoisotopic (exact) mass is 315 g/mol. The molecule has 0 aromatic heterocycles. The number of rotatable bonds is 3. The Balaban J connectivity index is 2.40. The van der Waals surface area contributed by atoms with Crippen molar-refractivity contribution >= 4 is 21.8 Å². The third-order valence-electron chi connectivity index (χ3n) is 3.44. The highest BCUT2D eigenvalue weighted by Gasteiger charge is 2.35. The Morgan fingerprint density at radius 3 is 2.70 bits per heavy atom. The van der Waals surface area contributed by atoms with Crippen LogP contribution in [0.25, 0.3) is 0 Å². The lowest BCUT2D eigenvalue weighted by Crippen LogP contribution is -2.46. The molecule has 0 spiro atoms. The summed E-state index contributed by atoms with van der Waals surface area (Å²) < 4.78 is 27.1. The molecule has 0 saturated carbocycles. The van der Waals surface area contributed by atoms with Crippen LogP contribution >= 0.6 is 11.8 Å². The third-order valence-corrected chi connectivity index (χ3v) is 6.73. The fourth-order valence-corrected chi connectivity index (χ4v) is 5.52. The van der Waals surface area contributed by atoms with Gasteiger partial charge in [0.25, 0.3) is 0 Å². The molecule has 112 valence electrons. The highest BCUT2D eigenvalue weighted by atomic mass is 32.2. The average molecular weight is 315 g/mol. The molecule has 0 radical (unpaired) electrons. The zero-order valence-corrected chi connectivity index (χ0v) is 13.7. The van der Waals surface area contributed by atoms with E-state index in [1.807, 2.05) is 0 Å². The van der Waals surface area contributed by atoms with E-state index in [4.69, 9.17) is 0 Å². The Labute approximate surface area is 125 Å². The van der Waals surface area contributed by atoms with E-state index in [0.29, 0.717) is 23.5 Å². The normalized spacial score (nSPS) is 20.0. The van der Waals surface area contributed by atoms with Crippen molar-refractivity contribution in [1.29, 1.82) is 0 Å². The number of sulfonamides is 1. The van der Waals surface area contributed by atoms with Crippen LogP contribution in [0.1, 0.15) is 25.0 Å². The summed E-state index contributed by atoms with van der Waals surface area (Å²) in [5.41, 5.74) is 1.35. The Hall–Kier alpha value is -0.560. The molecule has 0 atom stereocenters. The number of hydrogen-bond donors (Lipinski definition) is 1. The SMILES string of the molecule is Cc1ccc(CO)cc1S(=O)(=O)N1CCSC(C)(C)C1. The summed E-state index contributed by atoms with van der Waals surface area (Å²) in [6.07, 6.45) is 0. The van der Waals surface area contributed by atoms with Crippen LogP contribution in [0.2, 0.25) is 0 Å². The first-order valence-corrected chi connectivity index (χ1v) is 9.03. The van der Waals surface area contributed by atoms with Crippen molar-refractivity contribution in [2.24, 2.45) is 0 Å². The maximum absolute atomic E-state index is 12.8.